The molecule has 0 unspecified atom stereocenters. The molecule has 2 rings (SSSR count). The molecular formula is C16H22BrNO. The van der Waals surface area contributed by atoms with Crippen molar-refractivity contribution in [1.82, 2.24) is 4.90 Å². The van der Waals surface area contributed by atoms with E-state index in [2.05, 4.69) is 29.8 Å². The summed E-state index contributed by atoms with van der Waals surface area (Å²) in [7, 11) is 0. The smallest absolute Gasteiger partial charge is 0.253 e. The number of hydrogen-bond acceptors (Lipinski definition) is 1. The fourth-order valence-corrected chi connectivity index (χ4v) is 3.18. The summed E-state index contributed by atoms with van der Waals surface area (Å²) in [5, 5.41) is 0. The van der Waals surface area contributed by atoms with Crippen LogP contribution in [0.2, 0.25) is 0 Å². The van der Waals surface area contributed by atoms with E-state index < -0.39 is 0 Å². The van der Waals surface area contributed by atoms with Gasteiger partial charge in [-0.2, -0.15) is 0 Å². The quantitative estimate of drug-likeness (QED) is 0.802. The molecule has 2 nitrogen and oxygen atoms in total. The van der Waals surface area contributed by atoms with E-state index in [4.69, 9.17) is 0 Å². The summed E-state index contributed by atoms with van der Waals surface area (Å²) in [6.45, 7) is 6.35. The molecule has 1 aromatic carbocycles. The molecule has 1 amide bonds. The van der Waals surface area contributed by atoms with Gasteiger partial charge in [-0.1, -0.05) is 42.6 Å². The Kier molecular flexibility index (Phi) is 4.67. The number of amides is 1. The molecule has 0 bridgehead atoms. The first-order valence-corrected chi connectivity index (χ1v) is 7.94. The van der Waals surface area contributed by atoms with Crippen LogP contribution in [0.25, 0.3) is 0 Å². The Morgan fingerprint density at radius 3 is 2.16 bits per heavy atom. The van der Waals surface area contributed by atoms with E-state index in [0.717, 1.165) is 36.0 Å². The summed E-state index contributed by atoms with van der Waals surface area (Å²) < 4.78 is 1.01. The molecule has 0 spiro atoms. The van der Waals surface area contributed by atoms with Crippen molar-refractivity contribution < 1.29 is 4.79 Å². The summed E-state index contributed by atoms with van der Waals surface area (Å²) in [4.78, 5) is 14.4. The summed E-state index contributed by atoms with van der Waals surface area (Å²) in [5.74, 6) is 0.174. The van der Waals surface area contributed by atoms with Crippen LogP contribution in [0.15, 0.2) is 28.7 Å². The monoisotopic (exact) mass is 323 g/mol. The Bertz CT molecular complexity index is 427. The van der Waals surface area contributed by atoms with E-state index in [0.29, 0.717) is 5.41 Å². The number of carbonyl (C=O) groups excluding carboxylic acids is 1. The standard InChI is InChI=1S/C16H22BrNO/c1-3-16(4-2)9-11-18(12-10-16)15(19)13-5-7-14(17)8-6-13/h5-8H,3-4,9-12H2,1-2H3. The van der Waals surface area contributed by atoms with Crippen molar-refractivity contribution in [1.29, 1.82) is 0 Å². The molecule has 0 N–H and O–H groups in total. The van der Waals surface area contributed by atoms with Crippen molar-refractivity contribution in [2.45, 2.75) is 39.5 Å². The number of piperidine rings is 1. The minimum atomic E-state index is 0.174. The molecule has 0 radical (unpaired) electrons. The topological polar surface area (TPSA) is 20.3 Å². The van der Waals surface area contributed by atoms with E-state index in [9.17, 15) is 4.79 Å². The van der Waals surface area contributed by atoms with Crippen molar-refractivity contribution in [2.75, 3.05) is 13.1 Å². The van der Waals surface area contributed by atoms with E-state index in [1.165, 1.54) is 12.8 Å². The largest absolute Gasteiger partial charge is 0.339 e. The Morgan fingerprint density at radius 1 is 1.16 bits per heavy atom. The second-order valence-electron chi connectivity index (χ2n) is 5.51. The summed E-state index contributed by atoms with van der Waals surface area (Å²) >= 11 is 3.40. The zero-order chi connectivity index (χ0) is 13.9. The van der Waals surface area contributed by atoms with Gasteiger partial charge in [-0.05, 0) is 42.5 Å². The number of nitrogens with zero attached hydrogens (tertiary/aromatic N) is 1. The minimum absolute atomic E-state index is 0.174. The Balaban J connectivity index is 2.01. The van der Waals surface area contributed by atoms with Gasteiger partial charge in [-0.25, -0.2) is 0 Å². The van der Waals surface area contributed by atoms with Crippen LogP contribution in [0.5, 0.6) is 0 Å². The van der Waals surface area contributed by atoms with Gasteiger partial charge in [0.05, 0.1) is 0 Å². The van der Waals surface area contributed by atoms with Crippen molar-refractivity contribution in [3.05, 3.63) is 34.3 Å². The van der Waals surface area contributed by atoms with Gasteiger partial charge in [0.2, 0.25) is 0 Å². The van der Waals surface area contributed by atoms with Crippen LogP contribution < -0.4 is 0 Å². The van der Waals surface area contributed by atoms with Crippen LogP contribution in [-0.2, 0) is 0 Å². The molecule has 1 aliphatic rings. The van der Waals surface area contributed by atoms with Crippen LogP contribution in [0.3, 0.4) is 0 Å². The molecule has 0 atom stereocenters. The maximum Gasteiger partial charge on any atom is 0.253 e. The average Bonchev–Trinajstić information content (AvgIpc) is 2.47. The lowest BCUT2D eigenvalue weighted by Gasteiger charge is -2.41. The number of carbonyl (C=O) groups is 1. The highest BCUT2D eigenvalue weighted by molar-refractivity contribution is 9.10. The van der Waals surface area contributed by atoms with Crippen LogP contribution in [0, 0.1) is 5.41 Å². The van der Waals surface area contributed by atoms with Crippen molar-refractivity contribution in [3.8, 4) is 0 Å². The fraction of sp³-hybridized carbons (Fsp3) is 0.562. The maximum absolute atomic E-state index is 12.4. The predicted molar refractivity (Wildman–Crippen MR) is 82.3 cm³/mol. The molecule has 1 heterocycles. The minimum Gasteiger partial charge on any atom is -0.339 e. The number of likely N-dealkylation sites (tertiary alicyclic amines) is 1. The number of rotatable bonds is 3. The molecule has 0 saturated carbocycles. The summed E-state index contributed by atoms with van der Waals surface area (Å²) in [6, 6.07) is 7.65. The van der Waals surface area contributed by atoms with Gasteiger partial charge in [0.15, 0.2) is 0 Å². The number of halogens is 1. The zero-order valence-corrected chi connectivity index (χ0v) is 13.4. The van der Waals surface area contributed by atoms with E-state index >= 15 is 0 Å². The van der Waals surface area contributed by atoms with Gasteiger partial charge in [-0.3, -0.25) is 4.79 Å². The number of benzene rings is 1. The molecule has 1 aliphatic heterocycles. The SMILES string of the molecule is CCC1(CC)CCN(C(=O)c2ccc(Br)cc2)CC1. The van der Waals surface area contributed by atoms with Crippen molar-refractivity contribution >= 4 is 21.8 Å². The normalized spacial score (nSPS) is 18.4. The van der Waals surface area contributed by atoms with Gasteiger partial charge in [0, 0.05) is 23.1 Å². The van der Waals surface area contributed by atoms with Crippen LogP contribution in [0.4, 0.5) is 0 Å². The highest BCUT2D eigenvalue weighted by Gasteiger charge is 2.32. The molecule has 3 heteroatoms. The molecule has 1 saturated heterocycles. The van der Waals surface area contributed by atoms with Gasteiger partial charge in [-0.15, -0.1) is 0 Å². The molecule has 1 aromatic rings. The Hall–Kier alpha value is -0.830. The lowest BCUT2D eigenvalue weighted by atomic mass is 9.74. The van der Waals surface area contributed by atoms with E-state index in [1.807, 2.05) is 29.2 Å². The molecular weight excluding hydrogens is 302 g/mol. The van der Waals surface area contributed by atoms with Gasteiger partial charge in [0.25, 0.3) is 5.91 Å². The van der Waals surface area contributed by atoms with E-state index in [1.54, 1.807) is 0 Å². The predicted octanol–water partition coefficient (Wildman–Crippen LogP) is 4.49. The molecule has 19 heavy (non-hydrogen) atoms. The highest BCUT2D eigenvalue weighted by Crippen LogP contribution is 2.38. The van der Waals surface area contributed by atoms with E-state index in [-0.39, 0.29) is 5.91 Å². The van der Waals surface area contributed by atoms with Crippen molar-refractivity contribution in [2.24, 2.45) is 5.41 Å². The van der Waals surface area contributed by atoms with Crippen LogP contribution in [0.1, 0.15) is 49.9 Å². The third-order valence-corrected chi connectivity index (χ3v) is 5.23. The summed E-state index contributed by atoms with van der Waals surface area (Å²) in [5.41, 5.74) is 1.26. The lowest BCUT2D eigenvalue weighted by Crippen LogP contribution is -2.42. The first-order valence-electron chi connectivity index (χ1n) is 7.15. The maximum atomic E-state index is 12.4. The summed E-state index contributed by atoms with van der Waals surface area (Å²) in [6.07, 6.45) is 4.73. The van der Waals surface area contributed by atoms with Gasteiger partial charge < -0.3 is 4.90 Å². The first-order chi connectivity index (χ1) is 9.10. The molecule has 1 fully saturated rings. The fourth-order valence-electron chi connectivity index (χ4n) is 2.92. The second kappa shape index (κ2) is 6.08. The second-order valence-corrected chi connectivity index (χ2v) is 6.42. The molecule has 0 aromatic heterocycles. The molecule has 104 valence electrons. The first kappa shape index (κ1) is 14.6. The molecule has 0 aliphatic carbocycles. The Labute approximate surface area is 124 Å². The third kappa shape index (κ3) is 3.19. The van der Waals surface area contributed by atoms with Gasteiger partial charge in [0.1, 0.15) is 0 Å². The number of hydrogen-bond donors (Lipinski definition) is 0. The zero-order valence-electron chi connectivity index (χ0n) is 11.8. The van der Waals surface area contributed by atoms with Crippen molar-refractivity contribution in [3.63, 3.8) is 0 Å². The van der Waals surface area contributed by atoms with Crippen LogP contribution in [-0.4, -0.2) is 23.9 Å². The highest BCUT2D eigenvalue weighted by atomic mass is 79.9. The van der Waals surface area contributed by atoms with Crippen LogP contribution >= 0.6 is 15.9 Å². The lowest BCUT2D eigenvalue weighted by molar-refractivity contribution is 0.0558. The van der Waals surface area contributed by atoms with Gasteiger partial charge >= 0.3 is 0 Å². The Morgan fingerprint density at radius 2 is 1.68 bits per heavy atom. The average molecular weight is 324 g/mol. The third-order valence-electron chi connectivity index (χ3n) is 4.70.